The molecule has 8 heteroatoms. The first-order chi connectivity index (χ1) is 13.5. The molecule has 0 spiro atoms. The van der Waals surface area contributed by atoms with E-state index in [-0.39, 0.29) is 16.9 Å². The number of carbonyl (C=O) groups excluding carboxylic acids is 2. The van der Waals surface area contributed by atoms with E-state index in [2.05, 4.69) is 20.4 Å². The van der Waals surface area contributed by atoms with E-state index >= 15 is 0 Å². The molecule has 0 fully saturated rings. The Bertz CT molecular complexity index is 1000. The quantitative estimate of drug-likeness (QED) is 0.647. The van der Waals surface area contributed by atoms with Crippen LogP contribution in [-0.2, 0) is 4.74 Å². The number of nitrogens with one attached hydrogen (secondary N) is 2. The van der Waals surface area contributed by atoms with E-state index in [9.17, 15) is 18.4 Å². The number of nitrogens with zero attached hydrogens (tertiary/aromatic N) is 1. The van der Waals surface area contributed by atoms with Gasteiger partial charge in [0.25, 0.3) is 5.91 Å². The summed E-state index contributed by atoms with van der Waals surface area (Å²) < 4.78 is 32.1. The molecule has 3 aromatic rings. The molecule has 142 valence electrons. The lowest BCUT2D eigenvalue weighted by atomic mass is 10.2. The van der Waals surface area contributed by atoms with E-state index in [1.165, 1.54) is 43.8 Å². The third-order valence-corrected chi connectivity index (χ3v) is 3.80. The first-order valence-corrected chi connectivity index (χ1v) is 8.14. The minimum Gasteiger partial charge on any atom is -0.465 e. The number of rotatable bonds is 5. The molecule has 0 unspecified atom stereocenters. The van der Waals surface area contributed by atoms with Gasteiger partial charge in [-0.3, -0.25) is 9.78 Å². The molecule has 0 bridgehead atoms. The van der Waals surface area contributed by atoms with Crippen molar-refractivity contribution < 1.29 is 23.1 Å². The number of benzene rings is 2. The maximum absolute atomic E-state index is 13.8. The summed E-state index contributed by atoms with van der Waals surface area (Å²) in [5, 5.41) is 5.23. The van der Waals surface area contributed by atoms with Crippen LogP contribution < -0.4 is 10.6 Å². The zero-order valence-electron chi connectivity index (χ0n) is 14.7. The number of anilines is 3. The van der Waals surface area contributed by atoms with E-state index in [4.69, 9.17) is 0 Å². The normalized spacial score (nSPS) is 10.2. The van der Waals surface area contributed by atoms with Crippen LogP contribution in [0.5, 0.6) is 0 Å². The molecule has 0 radical (unpaired) electrons. The molecule has 1 amide bonds. The lowest BCUT2D eigenvalue weighted by Crippen LogP contribution is -2.13. The molecule has 2 N–H and O–H groups in total. The van der Waals surface area contributed by atoms with E-state index in [0.717, 1.165) is 12.1 Å². The SMILES string of the molecule is COC(=O)c1ccc(NC(=O)c2cncc(Nc3c(F)cccc3F)c2)cc1. The molecule has 6 nitrogen and oxygen atoms in total. The molecule has 0 saturated heterocycles. The molecule has 2 aromatic carbocycles. The Balaban J connectivity index is 1.74. The number of ether oxygens (including phenoxy) is 1. The largest absolute Gasteiger partial charge is 0.465 e. The van der Waals surface area contributed by atoms with Crippen LogP contribution in [0.1, 0.15) is 20.7 Å². The highest BCUT2D eigenvalue weighted by molar-refractivity contribution is 6.04. The van der Waals surface area contributed by atoms with Gasteiger partial charge in [-0.05, 0) is 42.5 Å². The maximum atomic E-state index is 13.8. The number of methoxy groups -OCH3 is 1. The van der Waals surface area contributed by atoms with Gasteiger partial charge in [-0.2, -0.15) is 0 Å². The first kappa shape index (κ1) is 19.0. The van der Waals surface area contributed by atoms with Crippen LogP contribution in [0.4, 0.5) is 25.8 Å². The number of pyridine rings is 1. The number of hydrogen-bond acceptors (Lipinski definition) is 5. The molecule has 0 aliphatic rings. The fourth-order valence-corrected chi connectivity index (χ4v) is 2.40. The average molecular weight is 383 g/mol. The molecule has 1 aromatic heterocycles. The number of para-hydroxylation sites is 1. The summed E-state index contributed by atoms with van der Waals surface area (Å²) in [4.78, 5) is 27.8. The van der Waals surface area contributed by atoms with E-state index in [1.807, 2.05) is 0 Å². The smallest absolute Gasteiger partial charge is 0.337 e. The first-order valence-electron chi connectivity index (χ1n) is 8.14. The number of hydrogen-bond donors (Lipinski definition) is 2. The summed E-state index contributed by atoms with van der Waals surface area (Å²) in [6.45, 7) is 0. The molecular formula is C20H15F2N3O3. The van der Waals surface area contributed by atoms with Crippen molar-refractivity contribution in [3.8, 4) is 0 Å². The van der Waals surface area contributed by atoms with Gasteiger partial charge in [0.2, 0.25) is 0 Å². The molecule has 0 saturated carbocycles. The van der Waals surface area contributed by atoms with Gasteiger partial charge >= 0.3 is 5.97 Å². The van der Waals surface area contributed by atoms with Crippen LogP contribution >= 0.6 is 0 Å². The zero-order chi connectivity index (χ0) is 20.1. The van der Waals surface area contributed by atoms with Crippen molar-refractivity contribution in [2.24, 2.45) is 0 Å². The van der Waals surface area contributed by atoms with Gasteiger partial charge in [-0.25, -0.2) is 13.6 Å². The maximum Gasteiger partial charge on any atom is 0.337 e. The van der Waals surface area contributed by atoms with Gasteiger partial charge in [0.1, 0.15) is 17.3 Å². The second kappa shape index (κ2) is 8.26. The van der Waals surface area contributed by atoms with Gasteiger partial charge in [-0.1, -0.05) is 6.07 Å². The van der Waals surface area contributed by atoms with Crippen molar-refractivity contribution >= 4 is 28.9 Å². The fourth-order valence-electron chi connectivity index (χ4n) is 2.40. The number of aromatic nitrogens is 1. The summed E-state index contributed by atoms with van der Waals surface area (Å²) in [5.74, 6) is -2.49. The Morgan fingerprint density at radius 3 is 2.25 bits per heavy atom. The number of carbonyl (C=O) groups is 2. The van der Waals surface area contributed by atoms with Crippen molar-refractivity contribution in [2.45, 2.75) is 0 Å². The number of esters is 1. The highest BCUT2D eigenvalue weighted by atomic mass is 19.1. The summed E-state index contributed by atoms with van der Waals surface area (Å²) in [6.07, 6.45) is 2.66. The minimum absolute atomic E-state index is 0.179. The standard InChI is InChI=1S/C20H15F2N3O3/c1-28-20(27)12-5-7-14(8-6-12)25-19(26)13-9-15(11-23-10-13)24-18-16(21)3-2-4-17(18)22/h2-11,24H,1H3,(H,25,26). The van der Waals surface area contributed by atoms with Crippen molar-refractivity contribution in [1.82, 2.24) is 4.98 Å². The average Bonchev–Trinajstić information content (AvgIpc) is 2.71. The minimum atomic E-state index is -0.763. The van der Waals surface area contributed by atoms with Crippen LogP contribution in [0.3, 0.4) is 0 Å². The molecule has 0 aliphatic heterocycles. The molecular weight excluding hydrogens is 368 g/mol. The second-order valence-corrected chi connectivity index (χ2v) is 5.71. The summed E-state index contributed by atoms with van der Waals surface area (Å²) in [5.41, 5.74) is 0.896. The predicted octanol–water partition coefficient (Wildman–Crippen LogP) is 4.14. The summed E-state index contributed by atoms with van der Waals surface area (Å²) in [7, 11) is 1.28. The molecule has 1 heterocycles. The van der Waals surface area contributed by atoms with Gasteiger partial charge in [0, 0.05) is 11.9 Å². The van der Waals surface area contributed by atoms with Crippen molar-refractivity contribution in [1.29, 1.82) is 0 Å². The van der Waals surface area contributed by atoms with Crippen LogP contribution in [0.15, 0.2) is 60.9 Å². The zero-order valence-corrected chi connectivity index (χ0v) is 14.7. The Hall–Kier alpha value is -3.81. The number of halogens is 2. The van der Waals surface area contributed by atoms with E-state index in [1.54, 1.807) is 12.1 Å². The van der Waals surface area contributed by atoms with Crippen molar-refractivity contribution in [3.05, 3.63) is 83.7 Å². The van der Waals surface area contributed by atoms with Gasteiger partial charge in [-0.15, -0.1) is 0 Å². The third-order valence-electron chi connectivity index (χ3n) is 3.80. The summed E-state index contributed by atoms with van der Waals surface area (Å²) >= 11 is 0. The fraction of sp³-hybridized carbons (Fsp3) is 0.0500. The van der Waals surface area contributed by atoms with Crippen LogP contribution in [0, 0.1) is 11.6 Å². The van der Waals surface area contributed by atoms with Gasteiger partial charge < -0.3 is 15.4 Å². The third kappa shape index (κ3) is 4.29. The lowest BCUT2D eigenvalue weighted by molar-refractivity contribution is 0.0600. The highest BCUT2D eigenvalue weighted by Gasteiger charge is 2.12. The monoisotopic (exact) mass is 383 g/mol. The molecule has 3 rings (SSSR count). The van der Waals surface area contributed by atoms with Crippen molar-refractivity contribution in [2.75, 3.05) is 17.7 Å². The van der Waals surface area contributed by atoms with Crippen molar-refractivity contribution in [3.63, 3.8) is 0 Å². The Kier molecular flexibility index (Phi) is 5.59. The Morgan fingerprint density at radius 2 is 1.61 bits per heavy atom. The lowest BCUT2D eigenvalue weighted by Gasteiger charge is -2.10. The summed E-state index contributed by atoms with van der Waals surface area (Å²) in [6, 6.07) is 11.0. The van der Waals surface area contributed by atoms with Gasteiger partial charge in [0.15, 0.2) is 0 Å². The molecule has 28 heavy (non-hydrogen) atoms. The van der Waals surface area contributed by atoms with Crippen LogP contribution in [0.25, 0.3) is 0 Å². The van der Waals surface area contributed by atoms with E-state index in [0.29, 0.717) is 11.3 Å². The predicted molar refractivity (Wildman–Crippen MR) is 99.6 cm³/mol. The van der Waals surface area contributed by atoms with Crippen LogP contribution in [0.2, 0.25) is 0 Å². The van der Waals surface area contributed by atoms with Gasteiger partial charge in [0.05, 0.1) is 30.1 Å². The van der Waals surface area contributed by atoms with E-state index < -0.39 is 23.5 Å². The highest BCUT2D eigenvalue weighted by Crippen LogP contribution is 2.23. The Morgan fingerprint density at radius 1 is 0.929 bits per heavy atom. The number of amides is 1. The molecule has 0 aliphatic carbocycles. The second-order valence-electron chi connectivity index (χ2n) is 5.71. The topological polar surface area (TPSA) is 80.3 Å². The molecule has 0 atom stereocenters. The Labute approximate surface area is 159 Å². The van der Waals surface area contributed by atoms with Crippen LogP contribution in [-0.4, -0.2) is 24.0 Å².